The van der Waals surface area contributed by atoms with Crippen LogP contribution in [0.3, 0.4) is 0 Å². The van der Waals surface area contributed by atoms with E-state index in [-0.39, 0.29) is 0 Å². The number of hydrogen-bond acceptors (Lipinski definition) is 3. The third-order valence-corrected chi connectivity index (χ3v) is 4.61. The average molecular weight is 292 g/mol. The molecule has 1 fully saturated rings. The minimum Gasteiger partial charge on any atom is -0.468 e. The summed E-state index contributed by atoms with van der Waals surface area (Å²) in [5.41, 5.74) is 1.70. The van der Waals surface area contributed by atoms with Crippen LogP contribution < -0.4 is 5.32 Å². The molecule has 1 N–H and O–H groups in total. The van der Waals surface area contributed by atoms with Gasteiger partial charge >= 0.3 is 0 Å². The van der Waals surface area contributed by atoms with Crippen LogP contribution in [0.2, 0.25) is 0 Å². The van der Waals surface area contributed by atoms with E-state index in [9.17, 15) is 0 Å². The Morgan fingerprint density at radius 2 is 1.95 bits per heavy atom. The maximum absolute atomic E-state index is 5.71. The zero-order valence-corrected chi connectivity index (χ0v) is 14.4. The van der Waals surface area contributed by atoms with Crippen molar-refractivity contribution in [2.24, 2.45) is 11.3 Å². The van der Waals surface area contributed by atoms with E-state index in [0.29, 0.717) is 11.5 Å². The van der Waals surface area contributed by atoms with Gasteiger partial charge in [0.1, 0.15) is 5.76 Å². The first-order valence-corrected chi connectivity index (χ1v) is 8.36. The molecule has 0 saturated carbocycles. The van der Waals surface area contributed by atoms with E-state index in [1.165, 1.54) is 31.5 Å². The lowest BCUT2D eigenvalue weighted by molar-refractivity contribution is 0.103. The summed E-state index contributed by atoms with van der Waals surface area (Å²) in [7, 11) is 0. The quantitative estimate of drug-likeness (QED) is 0.888. The molecule has 0 unspecified atom stereocenters. The molecule has 21 heavy (non-hydrogen) atoms. The van der Waals surface area contributed by atoms with Gasteiger partial charge in [-0.3, -0.25) is 4.90 Å². The van der Waals surface area contributed by atoms with Crippen LogP contribution >= 0.6 is 0 Å². The van der Waals surface area contributed by atoms with Crippen LogP contribution in [0.15, 0.2) is 16.7 Å². The summed E-state index contributed by atoms with van der Waals surface area (Å²) in [6.07, 6.45) is 4.52. The highest BCUT2D eigenvalue weighted by Gasteiger charge is 2.28. The first-order valence-electron chi connectivity index (χ1n) is 8.36. The Kier molecular flexibility index (Phi) is 5.50. The Bertz CT molecular complexity index is 423. The van der Waals surface area contributed by atoms with Crippen LogP contribution in [0.4, 0.5) is 0 Å². The average Bonchev–Trinajstić information content (AvgIpc) is 2.83. The maximum Gasteiger partial charge on any atom is 0.118 e. The Hall–Kier alpha value is -0.800. The molecule has 0 bridgehead atoms. The topological polar surface area (TPSA) is 28.4 Å². The van der Waals surface area contributed by atoms with E-state index in [1.807, 2.05) is 6.26 Å². The highest BCUT2D eigenvalue weighted by atomic mass is 16.3. The minimum absolute atomic E-state index is 0.451. The van der Waals surface area contributed by atoms with Crippen LogP contribution in [0.25, 0.3) is 0 Å². The Morgan fingerprint density at radius 3 is 2.52 bits per heavy atom. The molecule has 1 saturated heterocycles. The molecule has 0 atom stereocenters. The van der Waals surface area contributed by atoms with Crippen molar-refractivity contribution in [2.75, 3.05) is 13.1 Å². The van der Waals surface area contributed by atoms with E-state index in [0.717, 1.165) is 24.8 Å². The number of rotatable bonds is 5. The first-order chi connectivity index (χ1) is 9.84. The van der Waals surface area contributed by atoms with E-state index < -0.39 is 0 Å². The smallest absolute Gasteiger partial charge is 0.118 e. The van der Waals surface area contributed by atoms with Crippen LogP contribution in [0, 0.1) is 11.3 Å². The van der Waals surface area contributed by atoms with E-state index in [4.69, 9.17) is 4.42 Å². The van der Waals surface area contributed by atoms with Crippen molar-refractivity contribution in [3.63, 3.8) is 0 Å². The molecular weight excluding hydrogens is 260 g/mol. The molecule has 1 aromatic rings. The number of nitrogens with one attached hydrogen (secondary N) is 1. The van der Waals surface area contributed by atoms with Gasteiger partial charge in [-0.1, -0.05) is 34.6 Å². The molecule has 0 aromatic carbocycles. The summed E-state index contributed by atoms with van der Waals surface area (Å²) >= 11 is 0. The van der Waals surface area contributed by atoms with Gasteiger partial charge in [-0.25, -0.2) is 0 Å². The summed E-state index contributed by atoms with van der Waals surface area (Å²) in [6, 6.07) is 2.71. The molecule has 3 nitrogen and oxygen atoms in total. The molecule has 1 aliphatic rings. The van der Waals surface area contributed by atoms with E-state index in [1.54, 1.807) is 0 Å². The third kappa shape index (κ3) is 5.15. The summed E-state index contributed by atoms with van der Waals surface area (Å²) in [4.78, 5) is 2.53. The normalized spacial score (nSPS) is 18.6. The maximum atomic E-state index is 5.71. The molecule has 0 radical (unpaired) electrons. The molecule has 120 valence electrons. The highest BCUT2D eigenvalue weighted by molar-refractivity contribution is 5.12. The van der Waals surface area contributed by atoms with Crippen molar-refractivity contribution in [2.45, 2.75) is 66.6 Å². The van der Waals surface area contributed by atoms with Crippen LogP contribution in [-0.2, 0) is 13.1 Å². The van der Waals surface area contributed by atoms with Crippen LogP contribution in [-0.4, -0.2) is 24.0 Å². The van der Waals surface area contributed by atoms with Crippen molar-refractivity contribution in [1.82, 2.24) is 10.2 Å². The molecule has 2 heterocycles. The lowest BCUT2D eigenvalue weighted by atomic mass is 9.75. The fourth-order valence-electron chi connectivity index (χ4n) is 3.10. The van der Waals surface area contributed by atoms with Crippen LogP contribution in [0.1, 0.15) is 58.8 Å². The molecule has 2 rings (SSSR count). The Morgan fingerprint density at radius 1 is 1.29 bits per heavy atom. The Labute approximate surface area is 130 Å². The van der Waals surface area contributed by atoms with Crippen molar-refractivity contribution in [3.8, 4) is 0 Å². The summed E-state index contributed by atoms with van der Waals surface area (Å²) in [5.74, 6) is 1.96. The number of nitrogens with zero attached hydrogens (tertiary/aromatic N) is 1. The van der Waals surface area contributed by atoms with Crippen molar-refractivity contribution in [3.05, 3.63) is 23.7 Å². The monoisotopic (exact) mass is 292 g/mol. The van der Waals surface area contributed by atoms with Gasteiger partial charge in [-0.15, -0.1) is 0 Å². The summed E-state index contributed by atoms with van der Waals surface area (Å²) < 4.78 is 5.71. The van der Waals surface area contributed by atoms with Crippen molar-refractivity contribution >= 4 is 0 Å². The number of likely N-dealkylation sites (tertiary alicyclic amines) is 1. The number of piperidine rings is 1. The molecule has 0 aliphatic carbocycles. The van der Waals surface area contributed by atoms with Crippen molar-refractivity contribution in [1.29, 1.82) is 0 Å². The van der Waals surface area contributed by atoms with Gasteiger partial charge in [0, 0.05) is 18.2 Å². The fraction of sp³-hybridized carbons (Fsp3) is 0.778. The molecular formula is C18H32N2O. The Balaban J connectivity index is 1.78. The minimum atomic E-state index is 0.451. The lowest BCUT2D eigenvalue weighted by Gasteiger charge is -2.38. The predicted molar refractivity (Wildman–Crippen MR) is 88.1 cm³/mol. The summed E-state index contributed by atoms with van der Waals surface area (Å²) in [6.45, 7) is 15.7. The number of hydrogen-bond donors (Lipinski definition) is 1. The highest BCUT2D eigenvalue weighted by Crippen LogP contribution is 2.34. The van der Waals surface area contributed by atoms with Gasteiger partial charge in [-0.2, -0.15) is 0 Å². The van der Waals surface area contributed by atoms with E-state index >= 15 is 0 Å². The molecule has 0 spiro atoms. The van der Waals surface area contributed by atoms with Gasteiger partial charge in [0.05, 0.1) is 12.8 Å². The summed E-state index contributed by atoms with van der Waals surface area (Å²) in [5, 5.41) is 3.43. The predicted octanol–water partition coefficient (Wildman–Crippen LogP) is 4.04. The second-order valence-corrected chi connectivity index (χ2v) is 7.87. The van der Waals surface area contributed by atoms with Crippen molar-refractivity contribution < 1.29 is 4.42 Å². The SMILES string of the molecule is CC(C)NCc1coc(CN2CCC(C(C)(C)C)CC2)c1. The van der Waals surface area contributed by atoms with Crippen LogP contribution in [0.5, 0.6) is 0 Å². The fourth-order valence-corrected chi connectivity index (χ4v) is 3.10. The molecule has 1 aliphatic heterocycles. The van der Waals surface area contributed by atoms with Gasteiger partial charge < -0.3 is 9.73 Å². The molecule has 1 aromatic heterocycles. The van der Waals surface area contributed by atoms with Gasteiger partial charge in [0.2, 0.25) is 0 Å². The second kappa shape index (κ2) is 6.97. The number of furan rings is 1. The standard InChI is InChI=1S/C18H32N2O/c1-14(2)19-11-15-10-17(21-13-15)12-20-8-6-16(7-9-20)18(3,4)5/h10,13-14,16,19H,6-9,11-12H2,1-5H3. The van der Waals surface area contributed by atoms with E-state index in [2.05, 4.69) is 50.9 Å². The third-order valence-electron chi connectivity index (χ3n) is 4.61. The largest absolute Gasteiger partial charge is 0.468 e. The zero-order valence-electron chi connectivity index (χ0n) is 14.4. The first kappa shape index (κ1) is 16.6. The lowest BCUT2D eigenvalue weighted by Crippen LogP contribution is -2.37. The zero-order chi connectivity index (χ0) is 15.5. The molecule has 0 amide bonds. The van der Waals surface area contributed by atoms with Gasteiger partial charge in [0.25, 0.3) is 0 Å². The van der Waals surface area contributed by atoms with Gasteiger partial charge in [-0.05, 0) is 43.3 Å². The molecule has 3 heteroatoms. The second-order valence-electron chi connectivity index (χ2n) is 7.87. The van der Waals surface area contributed by atoms with Gasteiger partial charge in [0.15, 0.2) is 0 Å².